The van der Waals surface area contributed by atoms with Crippen molar-refractivity contribution < 1.29 is 9.26 Å². The molecule has 5 nitrogen and oxygen atoms in total. The smallest absolute Gasteiger partial charge is 0.234 e. The van der Waals surface area contributed by atoms with Crippen LogP contribution in [-0.4, -0.2) is 23.3 Å². The van der Waals surface area contributed by atoms with Gasteiger partial charge in [0.25, 0.3) is 0 Å². The minimum Gasteiger partial charge on any atom is -0.370 e. The second kappa shape index (κ2) is 5.36. The second-order valence-electron chi connectivity index (χ2n) is 7.22. The summed E-state index contributed by atoms with van der Waals surface area (Å²) in [7, 11) is 1.76. The molecule has 5 heteroatoms. The van der Waals surface area contributed by atoms with Crippen molar-refractivity contribution in [2.45, 2.75) is 75.9 Å². The van der Waals surface area contributed by atoms with E-state index in [9.17, 15) is 0 Å². The Morgan fingerprint density at radius 2 is 1.95 bits per heavy atom. The van der Waals surface area contributed by atoms with E-state index in [4.69, 9.17) is 20.0 Å². The first-order valence-electron chi connectivity index (χ1n) is 8.15. The van der Waals surface area contributed by atoms with Crippen LogP contribution in [0, 0.1) is 5.92 Å². The van der Waals surface area contributed by atoms with Crippen LogP contribution in [0.4, 0.5) is 0 Å². The molecule has 0 aromatic carbocycles. The maximum atomic E-state index is 6.26. The molecular weight excluding hydrogens is 266 g/mol. The Labute approximate surface area is 126 Å². The zero-order chi connectivity index (χ0) is 15.1. The van der Waals surface area contributed by atoms with Crippen LogP contribution in [0.15, 0.2) is 4.52 Å². The molecule has 2 aliphatic rings. The fourth-order valence-corrected chi connectivity index (χ4v) is 3.85. The first-order valence-corrected chi connectivity index (χ1v) is 8.15. The van der Waals surface area contributed by atoms with E-state index in [1.165, 1.54) is 0 Å². The van der Waals surface area contributed by atoms with Gasteiger partial charge >= 0.3 is 0 Å². The van der Waals surface area contributed by atoms with Gasteiger partial charge in [-0.15, -0.1) is 0 Å². The molecule has 1 heterocycles. The molecule has 2 atom stereocenters. The third-order valence-corrected chi connectivity index (χ3v) is 5.82. The lowest BCUT2D eigenvalue weighted by atomic mass is 9.79. The lowest BCUT2D eigenvalue weighted by Crippen LogP contribution is -2.39. The van der Waals surface area contributed by atoms with Crippen molar-refractivity contribution in [3.63, 3.8) is 0 Å². The van der Waals surface area contributed by atoms with E-state index in [0.717, 1.165) is 50.9 Å². The second-order valence-corrected chi connectivity index (χ2v) is 7.22. The zero-order valence-electron chi connectivity index (χ0n) is 13.4. The molecule has 2 N–H and O–H groups in total. The van der Waals surface area contributed by atoms with E-state index < -0.39 is 0 Å². The van der Waals surface area contributed by atoms with Gasteiger partial charge < -0.3 is 15.0 Å². The van der Waals surface area contributed by atoms with Crippen LogP contribution in [0.25, 0.3) is 0 Å². The fraction of sp³-hybridized carbons (Fsp3) is 0.875. The summed E-state index contributed by atoms with van der Waals surface area (Å²) >= 11 is 0. The number of hydrogen-bond donors (Lipinski definition) is 1. The Hall–Kier alpha value is -0.940. The molecular formula is C16H27N3O2. The molecule has 2 fully saturated rings. The van der Waals surface area contributed by atoms with Gasteiger partial charge in [-0.1, -0.05) is 18.5 Å². The molecule has 1 aromatic heterocycles. The number of methoxy groups -OCH3 is 1. The average Bonchev–Trinajstić information content (AvgIpc) is 3.10. The van der Waals surface area contributed by atoms with Crippen molar-refractivity contribution in [2.24, 2.45) is 11.7 Å². The lowest BCUT2D eigenvalue weighted by molar-refractivity contribution is -0.0609. The van der Waals surface area contributed by atoms with Gasteiger partial charge in [0.2, 0.25) is 11.7 Å². The first-order chi connectivity index (χ1) is 10.00. The van der Waals surface area contributed by atoms with Crippen LogP contribution in [0.2, 0.25) is 0 Å². The minimum atomic E-state index is -0.368. The summed E-state index contributed by atoms with van der Waals surface area (Å²) in [6, 6.07) is 0.107. The molecule has 0 amide bonds. The van der Waals surface area contributed by atoms with Crippen molar-refractivity contribution >= 4 is 0 Å². The topological polar surface area (TPSA) is 74.2 Å². The van der Waals surface area contributed by atoms with Crippen LogP contribution < -0.4 is 5.73 Å². The molecule has 0 saturated heterocycles. The highest BCUT2D eigenvalue weighted by Gasteiger charge is 2.45. The van der Waals surface area contributed by atoms with Gasteiger partial charge in [0.05, 0.1) is 5.41 Å². The summed E-state index contributed by atoms with van der Waals surface area (Å²) in [5.74, 6) is 2.16. The highest BCUT2D eigenvalue weighted by molar-refractivity contribution is 5.14. The molecule has 118 valence electrons. The Balaban J connectivity index is 1.87. The maximum Gasteiger partial charge on any atom is 0.234 e. The van der Waals surface area contributed by atoms with Gasteiger partial charge in [-0.25, -0.2) is 0 Å². The predicted octanol–water partition coefficient (Wildman–Crippen LogP) is 2.89. The molecule has 2 unspecified atom stereocenters. The number of ether oxygens (including phenoxy) is 1. The van der Waals surface area contributed by atoms with E-state index >= 15 is 0 Å². The molecule has 21 heavy (non-hydrogen) atoms. The zero-order valence-corrected chi connectivity index (χ0v) is 13.4. The van der Waals surface area contributed by atoms with Crippen molar-refractivity contribution in [1.82, 2.24) is 10.1 Å². The van der Waals surface area contributed by atoms with Gasteiger partial charge in [-0.05, 0) is 51.4 Å². The Bertz CT molecular complexity index is 493. The van der Waals surface area contributed by atoms with Crippen LogP contribution >= 0.6 is 0 Å². The van der Waals surface area contributed by atoms with E-state index in [0.29, 0.717) is 11.7 Å². The first kappa shape index (κ1) is 15.0. The Morgan fingerprint density at radius 3 is 2.52 bits per heavy atom. The van der Waals surface area contributed by atoms with Gasteiger partial charge in [0.15, 0.2) is 0 Å². The Morgan fingerprint density at radius 1 is 1.24 bits per heavy atom. The summed E-state index contributed by atoms with van der Waals surface area (Å²) in [5.41, 5.74) is 5.71. The normalized spacial score (nSPS) is 40.6. The Kier molecular flexibility index (Phi) is 3.82. The van der Waals surface area contributed by atoms with Gasteiger partial charge in [0.1, 0.15) is 5.60 Å². The van der Waals surface area contributed by atoms with Crippen molar-refractivity contribution in [3.05, 3.63) is 11.7 Å². The molecule has 0 radical (unpaired) electrons. The molecule has 0 aliphatic heterocycles. The molecule has 1 aromatic rings. The van der Waals surface area contributed by atoms with E-state index in [-0.39, 0.29) is 17.1 Å². The standard InChI is InChI=1S/C16H27N3O2/c1-11-6-9-16(20-3,10-7-11)13-18-14(21-19-13)15(2)8-4-5-12(15)17/h11-12H,4-10,17H2,1-3H3. The molecule has 0 bridgehead atoms. The quantitative estimate of drug-likeness (QED) is 0.927. The fourth-order valence-electron chi connectivity index (χ4n) is 3.85. The van der Waals surface area contributed by atoms with Crippen LogP contribution in [0.1, 0.15) is 70.5 Å². The predicted molar refractivity (Wildman–Crippen MR) is 79.8 cm³/mol. The van der Waals surface area contributed by atoms with E-state index in [2.05, 4.69) is 19.0 Å². The SMILES string of the molecule is COC1(c2noc(C3(C)CCCC3N)n2)CCC(C)CC1. The number of nitrogens with zero attached hydrogens (tertiary/aromatic N) is 2. The number of rotatable bonds is 3. The molecule has 3 rings (SSSR count). The van der Waals surface area contributed by atoms with Gasteiger partial charge in [0, 0.05) is 13.2 Å². The van der Waals surface area contributed by atoms with E-state index in [1.54, 1.807) is 7.11 Å². The van der Waals surface area contributed by atoms with Crippen LogP contribution in [-0.2, 0) is 15.8 Å². The highest BCUT2D eigenvalue weighted by atomic mass is 16.5. The summed E-state index contributed by atoms with van der Waals surface area (Å²) in [4.78, 5) is 4.72. The third kappa shape index (κ3) is 2.40. The lowest BCUT2D eigenvalue weighted by Gasteiger charge is -2.35. The van der Waals surface area contributed by atoms with Crippen molar-refractivity contribution in [2.75, 3.05) is 7.11 Å². The monoisotopic (exact) mass is 293 g/mol. The van der Waals surface area contributed by atoms with Crippen molar-refractivity contribution in [1.29, 1.82) is 0 Å². The minimum absolute atomic E-state index is 0.107. The highest BCUT2D eigenvalue weighted by Crippen LogP contribution is 2.43. The largest absolute Gasteiger partial charge is 0.370 e. The summed E-state index contributed by atoms with van der Waals surface area (Å²) in [6.07, 6.45) is 7.40. The van der Waals surface area contributed by atoms with Crippen LogP contribution in [0.5, 0.6) is 0 Å². The van der Waals surface area contributed by atoms with Crippen LogP contribution in [0.3, 0.4) is 0 Å². The summed E-state index contributed by atoms with van der Waals surface area (Å²) < 4.78 is 11.4. The van der Waals surface area contributed by atoms with Gasteiger partial charge in [-0.3, -0.25) is 0 Å². The van der Waals surface area contributed by atoms with Gasteiger partial charge in [-0.2, -0.15) is 4.98 Å². The number of aromatic nitrogens is 2. The van der Waals surface area contributed by atoms with E-state index in [1.807, 2.05) is 0 Å². The molecule has 2 aliphatic carbocycles. The van der Waals surface area contributed by atoms with Crippen molar-refractivity contribution in [3.8, 4) is 0 Å². The average molecular weight is 293 g/mol. The molecule has 2 saturated carbocycles. The number of hydrogen-bond acceptors (Lipinski definition) is 5. The molecule has 0 spiro atoms. The summed E-state index contributed by atoms with van der Waals surface area (Å²) in [6.45, 7) is 4.43. The summed E-state index contributed by atoms with van der Waals surface area (Å²) in [5, 5.41) is 4.27. The number of nitrogens with two attached hydrogens (primary N) is 1. The maximum absolute atomic E-state index is 6.26. The third-order valence-electron chi connectivity index (χ3n) is 5.82.